The molecule has 2 aromatic carbocycles. The minimum absolute atomic E-state index is 0.302. The van der Waals surface area contributed by atoms with Crippen molar-refractivity contribution in [3.8, 4) is 28.6 Å². The van der Waals surface area contributed by atoms with Gasteiger partial charge in [-0.1, -0.05) is 25.1 Å². The van der Waals surface area contributed by atoms with Crippen molar-refractivity contribution in [3.05, 3.63) is 65.5 Å². The average molecular weight is 291 g/mol. The maximum atomic E-state index is 14.1. The molecule has 0 amide bonds. The van der Waals surface area contributed by atoms with Crippen molar-refractivity contribution in [2.75, 3.05) is 0 Å². The van der Waals surface area contributed by atoms with E-state index in [-0.39, 0.29) is 0 Å². The second kappa shape index (κ2) is 5.82. The lowest BCUT2D eigenvalue weighted by molar-refractivity contribution is 0.630. The highest BCUT2D eigenvalue weighted by Crippen LogP contribution is 2.26. The van der Waals surface area contributed by atoms with E-state index in [1.807, 2.05) is 24.3 Å². The minimum atomic E-state index is -0.434. The highest BCUT2D eigenvalue weighted by molar-refractivity contribution is 5.69. The lowest BCUT2D eigenvalue weighted by Gasteiger charge is -2.00. The first kappa shape index (κ1) is 14.0. The molecule has 0 bridgehead atoms. The Labute approximate surface area is 128 Å². The third kappa shape index (κ3) is 2.61. The first-order valence-corrected chi connectivity index (χ1v) is 7.06. The molecule has 1 heterocycles. The van der Waals surface area contributed by atoms with Gasteiger partial charge in [-0.2, -0.15) is 10.4 Å². The largest absolute Gasteiger partial charge is 0.277 e. The van der Waals surface area contributed by atoms with Gasteiger partial charge in [0, 0.05) is 11.1 Å². The molecule has 3 aromatic rings. The molecule has 0 radical (unpaired) electrons. The van der Waals surface area contributed by atoms with Gasteiger partial charge in [-0.05, 0) is 42.3 Å². The number of aromatic nitrogens is 2. The van der Waals surface area contributed by atoms with Gasteiger partial charge in [-0.25, -0.2) is 4.39 Å². The predicted octanol–water partition coefficient (Wildman–Crippen LogP) is 4.32. The zero-order valence-corrected chi connectivity index (χ0v) is 12.1. The Morgan fingerprint density at radius 2 is 2.05 bits per heavy atom. The van der Waals surface area contributed by atoms with Crippen molar-refractivity contribution in [3.63, 3.8) is 0 Å². The van der Waals surface area contributed by atoms with Gasteiger partial charge < -0.3 is 0 Å². The van der Waals surface area contributed by atoms with E-state index in [2.05, 4.69) is 29.3 Å². The van der Waals surface area contributed by atoms with Gasteiger partial charge in [0.2, 0.25) is 0 Å². The summed E-state index contributed by atoms with van der Waals surface area (Å²) in [6.07, 6.45) is 0.954. The van der Waals surface area contributed by atoms with E-state index in [0.29, 0.717) is 16.8 Å². The Morgan fingerprint density at radius 1 is 1.18 bits per heavy atom. The molecule has 0 unspecified atom stereocenters. The van der Waals surface area contributed by atoms with Gasteiger partial charge in [-0.3, -0.25) is 5.10 Å². The second-order valence-corrected chi connectivity index (χ2v) is 5.03. The zero-order chi connectivity index (χ0) is 15.5. The lowest BCUT2D eigenvalue weighted by atomic mass is 10.0. The number of rotatable bonds is 3. The number of nitriles is 1. The zero-order valence-electron chi connectivity index (χ0n) is 12.1. The lowest BCUT2D eigenvalue weighted by Crippen LogP contribution is -1.86. The van der Waals surface area contributed by atoms with Gasteiger partial charge in [0.1, 0.15) is 5.82 Å². The summed E-state index contributed by atoms with van der Waals surface area (Å²) in [5, 5.41) is 15.9. The average Bonchev–Trinajstić information content (AvgIpc) is 3.04. The minimum Gasteiger partial charge on any atom is -0.277 e. The van der Waals surface area contributed by atoms with Crippen LogP contribution in [-0.4, -0.2) is 10.2 Å². The summed E-state index contributed by atoms with van der Waals surface area (Å²) in [6, 6.07) is 16.3. The monoisotopic (exact) mass is 291 g/mol. The van der Waals surface area contributed by atoms with E-state index in [1.54, 1.807) is 12.1 Å². The summed E-state index contributed by atoms with van der Waals surface area (Å²) >= 11 is 0. The van der Waals surface area contributed by atoms with E-state index in [9.17, 15) is 4.39 Å². The quantitative estimate of drug-likeness (QED) is 0.781. The fraction of sp³-hybridized carbons (Fsp3) is 0.111. The fourth-order valence-corrected chi connectivity index (χ4v) is 2.36. The normalized spacial score (nSPS) is 10.4. The third-order valence-corrected chi connectivity index (χ3v) is 3.60. The van der Waals surface area contributed by atoms with Gasteiger partial charge in [-0.15, -0.1) is 0 Å². The van der Waals surface area contributed by atoms with Crippen LogP contribution in [0, 0.1) is 17.1 Å². The molecule has 0 saturated heterocycles. The molecule has 0 aliphatic heterocycles. The molecule has 22 heavy (non-hydrogen) atoms. The van der Waals surface area contributed by atoms with E-state index in [1.165, 1.54) is 11.6 Å². The molecular formula is C18H14FN3. The maximum absolute atomic E-state index is 14.1. The van der Waals surface area contributed by atoms with Crippen LogP contribution in [0.5, 0.6) is 0 Å². The standard InChI is InChI=1S/C18H14FN3/c1-2-12-4-3-5-14(8-12)17-10-18(22-21-17)15-7-6-13(11-20)9-16(15)19/h3-10H,2H2,1H3,(H,21,22). The van der Waals surface area contributed by atoms with Crippen molar-refractivity contribution in [1.29, 1.82) is 5.26 Å². The van der Waals surface area contributed by atoms with E-state index in [4.69, 9.17) is 5.26 Å². The van der Waals surface area contributed by atoms with Gasteiger partial charge in [0.05, 0.1) is 23.0 Å². The molecule has 4 heteroatoms. The van der Waals surface area contributed by atoms with E-state index in [0.717, 1.165) is 17.7 Å². The van der Waals surface area contributed by atoms with Crippen LogP contribution >= 0.6 is 0 Å². The first-order chi connectivity index (χ1) is 10.7. The molecule has 0 aliphatic carbocycles. The molecule has 0 spiro atoms. The topological polar surface area (TPSA) is 52.5 Å². The number of hydrogen-bond acceptors (Lipinski definition) is 2. The summed E-state index contributed by atoms with van der Waals surface area (Å²) in [4.78, 5) is 0. The Morgan fingerprint density at radius 3 is 2.77 bits per heavy atom. The van der Waals surface area contributed by atoms with Gasteiger partial charge in [0.15, 0.2) is 0 Å². The summed E-state index contributed by atoms with van der Waals surface area (Å²) in [5.41, 5.74) is 4.30. The molecule has 0 atom stereocenters. The third-order valence-electron chi connectivity index (χ3n) is 3.60. The molecule has 3 nitrogen and oxygen atoms in total. The number of nitrogens with zero attached hydrogens (tertiary/aromatic N) is 2. The van der Waals surface area contributed by atoms with Crippen LogP contribution in [0.1, 0.15) is 18.1 Å². The number of H-pyrrole nitrogens is 1. The van der Waals surface area contributed by atoms with Crippen LogP contribution in [-0.2, 0) is 6.42 Å². The van der Waals surface area contributed by atoms with Crippen LogP contribution in [0.3, 0.4) is 0 Å². The Hall–Kier alpha value is -2.93. The van der Waals surface area contributed by atoms with Crippen molar-refractivity contribution >= 4 is 0 Å². The van der Waals surface area contributed by atoms with Gasteiger partial charge in [0.25, 0.3) is 0 Å². The van der Waals surface area contributed by atoms with E-state index >= 15 is 0 Å². The molecular weight excluding hydrogens is 277 g/mol. The Kier molecular flexibility index (Phi) is 3.71. The van der Waals surface area contributed by atoms with Crippen LogP contribution in [0.4, 0.5) is 4.39 Å². The van der Waals surface area contributed by atoms with Crippen molar-refractivity contribution in [1.82, 2.24) is 10.2 Å². The Bertz CT molecular complexity index is 859. The van der Waals surface area contributed by atoms with Crippen molar-refractivity contribution in [2.45, 2.75) is 13.3 Å². The second-order valence-electron chi connectivity index (χ2n) is 5.03. The number of nitrogens with one attached hydrogen (secondary N) is 1. The van der Waals surface area contributed by atoms with Crippen LogP contribution < -0.4 is 0 Å². The molecule has 0 fully saturated rings. The molecule has 0 aliphatic rings. The summed E-state index contributed by atoms with van der Waals surface area (Å²) in [6.45, 7) is 2.10. The molecule has 0 saturated carbocycles. The molecule has 1 aromatic heterocycles. The first-order valence-electron chi connectivity index (χ1n) is 7.06. The number of aryl methyl sites for hydroxylation is 1. The fourth-order valence-electron chi connectivity index (χ4n) is 2.36. The molecule has 3 rings (SSSR count). The smallest absolute Gasteiger partial charge is 0.133 e. The van der Waals surface area contributed by atoms with E-state index < -0.39 is 5.82 Å². The number of aromatic amines is 1. The summed E-state index contributed by atoms with van der Waals surface area (Å²) < 4.78 is 14.1. The predicted molar refractivity (Wildman–Crippen MR) is 83.5 cm³/mol. The van der Waals surface area contributed by atoms with Crippen molar-refractivity contribution in [2.24, 2.45) is 0 Å². The van der Waals surface area contributed by atoms with Crippen molar-refractivity contribution < 1.29 is 4.39 Å². The highest BCUT2D eigenvalue weighted by Gasteiger charge is 2.10. The van der Waals surface area contributed by atoms with Crippen LogP contribution in [0.15, 0.2) is 48.5 Å². The number of benzene rings is 2. The van der Waals surface area contributed by atoms with Gasteiger partial charge >= 0.3 is 0 Å². The number of halogens is 1. The SMILES string of the molecule is CCc1cccc(-c2cc(-c3ccc(C#N)cc3F)[nH]n2)c1. The van der Waals surface area contributed by atoms with Crippen LogP contribution in [0.2, 0.25) is 0 Å². The molecule has 1 N–H and O–H groups in total. The Balaban J connectivity index is 1.99. The summed E-state index contributed by atoms with van der Waals surface area (Å²) in [7, 11) is 0. The number of hydrogen-bond donors (Lipinski definition) is 1. The molecule has 108 valence electrons. The maximum Gasteiger partial charge on any atom is 0.133 e. The summed E-state index contributed by atoms with van der Waals surface area (Å²) in [5.74, 6) is -0.434. The highest BCUT2D eigenvalue weighted by atomic mass is 19.1. The van der Waals surface area contributed by atoms with Crippen LogP contribution in [0.25, 0.3) is 22.5 Å².